The lowest BCUT2D eigenvalue weighted by atomic mass is 10.4. The highest BCUT2D eigenvalue weighted by atomic mass is 32.2. The lowest BCUT2D eigenvalue weighted by Crippen LogP contribution is -2.33. The molecule has 0 aromatic carbocycles. The molecule has 1 heterocycles. The lowest BCUT2D eigenvalue weighted by molar-refractivity contribution is -0.148. The lowest BCUT2D eigenvalue weighted by Gasteiger charge is -2.31. The minimum Gasteiger partial charge on any atom is -0.447 e. The molecular formula is C8H14O2S2. The quantitative estimate of drug-likeness (QED) is 0.647. The van der Waals surface area contributed by atoms with Crippen molar-refractivity contribution in [3.8, 4) is 0 Å². The first kappa shape index (κ1) is 10.3. The third-order valence-corrected chi connectivity index (χ3v) is 4.55. The molecule has 4 heteroatoms. The van der Waals surface area contributed by atoms with Crippen molar-refractivity contribution >= 4 is 29.5 Å². The van der Waals surface area contributed by atoms with E-state index in [2.05, 4.69) is 0 Å². The van der Waals surface area contributed by atoms with E-state index in [1.54, 1.807) is 11.8 Å². The molecule has 2 nitrogen and oxygen atoms in total. The Hall–Kier alpha value is 0.170. The van der Waals surface area contributed by atoms with Crippen LogP contribution in [0.2, 0.25) is 0 Å². The van der Waals surface area contributed by atoms with Crippen molar-refractivity contribution in [3.63, 3.8) is 0 Å². The van der Waals surface area contributed by atoms with Gasteiger partial charge in [0.15, 0.2) is 4.93 Å². The smallest absolute Gasteiger partial charge is 0.306 e. The maximum absolute atomic E-state index is 11.0. The van der Waals surface area contributed by atoms with Crippen molar-refractivity contribution in [1.82, 2.24) is 0 Å². The summed E-state index contributed by atoms with van der Waals surface area (Å²) in [4.78, 5) is 10.8. The van der Waals surface area contributed by atoms with E-state index in [-0.39, 0.29) is 10.9 Å². The van der Waals surface area contributed by atoms with E-state index in [4.69, 9.17) is 4.74 Å². The van der Waals surface area contributed by atoms with Gasteiger partial charge in [0, 0.05) is 23.7 Å². The average Bonchev–Trinajstić information content (AvgIpc) is 2.05. The Morgan fingerprint density at radius 2 is 2.33 bits per heavy atom. The number of hydrogen-bond donors (Lipinski definition) is 0. The number of esters is 1. The highest BCUT2D eigenvalue weighted by Crippen LogP contribution is 2.35. The first-order valence-corrected chi connectivity index (χ1v) is 6.24. The molecule has 70 valence electrons. The maximum Gasteiger partial charge on any atom is 0.306 e. The highest BCUT2D eigenvalue weighted by Gasteiger charge is 2.31. The molecule has 1 atom stereocenters. The standard InChI is InChI=1S/C8H14O2S2/c1-3-7(9)10-8(2)6-11-4-5-12-8/h3-6H2,1-2H3. The van der Waals surface area contributed by atoms with Gasteiger partial charge in [0.25, 0.3) is 0 Å². The zero-order chi connectivity index (χ0) is 9.03. The van der Waals surface area contributed by atoms with Crippen LogP contribution in [0.15, 0.2) is 0 Å². The summed E-state index contributed by atoms with van der Waals surface area (Å²) in [5.41, 5.74) is 0. The molecular weight excluding hydrogens is 192 g/mol. The summed E-state index contributed by atoms with van der Waals surface area (Å²) in [5.74, 6) is 3.08. The molecule has 1 aliphatic heterocycles. The molecule has 0 N–H and O–H groups in total. The molecule has 0 aromatic rings. The molecule has 0 radical (unpaired) electrons. The molecule has 1 unspecified atom stereocenters. The van der Waals surface area contributed by atoms with Crippen LogP contribution in [-0.4, -0.2) is 28.2 Å². The topological polar surface area (TPSA) is 26.3 Å². The fraction of sp³-hybridized carbons (Fsp3) is 0.875. The molecule has 0 bridgehead atoms. The Kier molecular flexibility index (Phi) is 3.77. The number of thioether (sulfide) groups is 2. The van der Waals surface area contributed by atoms with Gasteiger partial charge in [0.05, 0.1) is 0 Å². The van der Waals surface area contributed by atoms with E-state index >= 15 is 0 Å². The van der Waals surface area contributed by atoms with E-state index in [1.165, 1.54) is 5.75 Å². The van der Waals surface area contributed by atoms with Gasteiger partial charge >= 0.3 is 5.97 Å². The number of rotatable bonds is 2. The second-order valence-electron chi connectivity index (χ2n) is 2.86. The van der Waals surface area contributed by atoms with E-state index in [0.717, 1.165) is 11.5 Å². The molecule has 1 rings (SSSR count). The van der Waals surface area contributed by atoms with E-state index in [1.807, 2.05) is 25.6 Å². The summed E-state index contributed by atoms with van der Waals surface area (Å²) in [6.07, 6.45) is 0.473. The monoisotopic (exact) mass is 206 g/mol. The van der Waals surface area contributed by atoms with Crippen LogP contribution in [0, 0.1) is 0 Å². The van der Waals surface area contributed by atoms with Gasteiger partial charge in [0.1, 0.15) is 0 Å². The predicted molar refractivity (Wildman–Crippen MR) is 54.6 cm³/mol. The Labute approximate surface area is 81.8 Å². The molecule has 1 saturated heterocycles. The van der Waals surface area contributed by atoms with Gasteiger partial charge in [0.2, 0.25) is 0 Å². The van der Waals surface area contributed by atoms with Crippen molar-refractivity contribution in [2.75, 3.05) is 17.3 Å². The van der Waals surface area contributed by atoms with Crippen LogP contribution in [0.1, 0.15) is 20.3 Å². The first-order valence-electron chi connectivity index (χ1n) is 4.10. The third kappa shape index (κ3) is 2.90. The fourth-order valence-corrected chi connectivity index (χ4v) is 3.53. The van der Waals surface area contributed by atoms with Gasteiger partial charge in [-0.25, -0.2) is 0 Å². The molecule has 0 aromatic heterocycles. The summed E-state index contributed by atoms with van der Waals surface area (Å²) in [6.45, 7) is 3.82. The van der Waals surface area contributed by atoms with Gasteiger partial charge in [-0.05, 0) is 6.92 Å². The van der Waals surface area contributed by atoms with E-state index in [9.17, 15) is 4.79 Å². The average molecular weight is 206 g/mol. The second-order valence-corrected chi connectivity index (χ2v) is 5.53. The Morgan fingerprint density at radius 3 is 2.83 bits per heavy atom. The van der Waals surface area contributed by atoms with E-state index in [0.29, 0.717) is 6.42 Å². The van der Waals surface area contributed by atoms with Crippen LogP contribution in [0.3, 0.4) is 0 Å². The number of carbonyl (C=O) groups excluding carboxylic acids is 1. The maximum atomic E-state index is 11.0. The summed E-state index contributed by atoms with van der Waals surface area (Å²) in [5, 5.41) is 0. The first-order chi connectivity index (χ1) is 5.66. The Balaban J connectivity index is 2.41. The van der Waals surface area contributed by atoms with Crippen LogP contribution in [0.5, 0.6) is 0 Å². The number of carbonyl (C=O) groups is 1. The van der Waals surface area contributed by atoms with Crippen molar-refractivity contribution in [3.05, 3.63) is 0 Å². The fourth-order valence-electron chi connectivity index (χ4n) is 0.988. The van der Waals surface area contributed by atoms with Crippen LogP contribution in [0.4, 0.5) is 0 Å². The molecule has 0 spiro atoms. The summed E-state index contributed by atoms with van der Waals surface area (Å²) in [6, 6.07) is 0. The van der Waals surface area contributed by atoms with Gasteiger partial charge in [-0.3, -0.25) is 4.79 Å². The van der Waals surface area contributed by atoms with Gasteiger partial charge in [-0.15, -0.1) is 11.8 Å². The van der Waals surface area contributed by atoms with Crippen LogP contribution >= 0.6 is 23.5 Å². The Bertz CT molecular complexity index is 164. The summed E-state index contributed by atoms with van der Waals surface area (Å²) >= 11 is 3.60. The van der Waals surface area contributed by atoms with Crippen LogP contribution < -0.4 is 0 Å². The molecule has 1 fully saturated rings. The SMILES string of the molecule is CCC(=O)OC1(C)CSCCS1. The van der Waals surface area contributed by atoms with Gasteiger partial charge in [-0.2, -0.15) is 11.8 Å². The largest absolute Gasteiger partial charge is 0.447 e. The molecule has 0 saturated carbocycles. The van der Waals surface area contributed by atoms with Gasteiger partial charge < -0.3 is 4.74 Å². The zero-order valence-electron chi connectivity index (χ0n) is 7.46. The zero-order valence-corrected chi connectivity index (χ0v) is 9.09. The van der Waals surface area contributed by atoms with Crippen molar-refractivity contribution < 1.29 is 9.53 Å². The molecule has 0 aliphatic carbocycles. The minimum atomic E-state index is -0.268. The third-order valence-electron chi connectivity index (χ3n) is 1.62. The van der Waals surface area contributed by atoms with Gasteiger partial charge in [-0.1, -0.05) is 6.92 Å². The highest BCUT2D eigenvalue weighted by molar-refractivity contribution is 8.07. The molecule has 0 amide bonds. The number of hydrogen-bond acceptors (Lipinski definition) is 4. The summed E-state index contributed by atoms with van der Waals surface area (Å²) < 4.78 is 5.33. The molecule has 1 aliphatic rings. The van der Waals surface area contributed by atoms with E-state index < -0.39 is 0 Å². The minimum absolute atomic E-state index is 0.0903. The van der Waals surface area contributed by atoms with Crippen molar-refractivity contribution in [2.45, 2.75) is 25.2 Å². The summed E-state index contributed by atoms with van der Waals surface area (Å²) in [7, 11) is 0. The predicted octanol–water partition coefficient (Wildman–Crippen LogP) is 2.14. The van der Waals surface area contributed by atoms with Crippen molar-refractivity contribution in [2.24, 2.45) is 0 Å². The normalized spacial score (nSPS) is 29.8. The van der Waals surface area contributed by atoms with Crippen LogP contribution in [-0.2, 0) is 9.53 Å². The van der Waals surface area contributed by atoms with Crippen molar-refractivity contribution in [1.29, 1.82) is 0 Å². The van der Waals surface area contributed by atoms with Crippen LogP contribution in [0.25, 0.3) is 0 Å². The number of ether oxygens (including phenoxy) is 1. The molecule has 12 heavy (non-hydrogen) atoms. The Morgan fingerprint density at radius 1 is 1.58 bits per heavy atom. The second kappa shape index (κ2) is 4.42.